The first-order valence-corrected chi connectivity index (χ1v) is 7.15. The van der Waals surface area contributed by atoms with Gasteiger partial charge in [0, 0.05) is 10.7 Å². The second-order valence-corrected chi connectivity index (χ2v) is 6.30. The number of hydrogen-bond acceptors (Lipinski definition) is 5. The van der Waals surface area contributed by atoms with E-state index in [0.29, 0.717) is 9.90 Å². The molecule has 0 fully saturated rings. The quantitative estimate of drug-likeness (QED) is 0.857. The van der Waals surface area contributed by atoms with Crippen LogP contribution in [0.3, 0.4) is 0 Å². The molecule has 0 aliphatic heterocycles. The molecule has 0 atom stereocenters. The van der Waals surface area contributed by atoms with E-state index >= 15 is 0 Å². The lowest BCUT2D eigenvalue weighted by Gasteiger charge is -1.88. The summed E-state index contributed by atoms with van der Waals surface area (Å²) in [6.07, 6.45) is 0. The molecule has 0 aromatic carbocycles. The predicted octanol–water partition coefficient (Wildman–Crippen LogP) is 2.11. The zero-order chi connectivity index (χ0) is 11.1. The second kappa shape index (κ2) is 3.75. The molecule has 0 aliphatic rings. The van der Waals surface area contributed by atoms with E-state index in [2.05, 4.69) is 15.2 Å². The molecule has 0 spiro atoms. The summed E-state index contributed by atoms with van der Waals surface area (Å²) in [5.41, 5.74) is 0. The van der Waals surface area contributed by atoms with Crippen molar-refractivity contribution >= 4 is 42.7 Å². The summed E-state index contributed by atoms with van der Waals surface area (Å²) >= 11 is 7.14. The van der Waals surface area contributed by atoms with Gasteiger partial charge in [0.2, 0.25) is 0 Å². The fraction of sp³-hybridized carbons (Fsp3) is 0. The molecule has 15 heavy (non-hydrogen) atoms. The van der Waals surface area contributed by atoms with Crippen LogP contribution in [0.2, 0.25) is 5.02 Å². The van der Waals surface area contributed by atoms with Crippen LogP contribution < -0.4 is 0 Å². The molecule has 0 bridgehead atoms. The minimum Gasteiger partial charge on any atom is -0.248 e. The molecule has 0 unspecified atom stereocenters. The standard InChI is InChI=1S/C6H3Cl2N3O2S2/c7-3-1-2-14-4(3)5-9-6(11-10-5)15(8,12)13/h1-2H,(H,9,10,11). The maximum Gasteiger partial charge on any atom is 0.296 e. The zero-order valence-corrected chi connectivity index (χ0v) is 10.1. The van der Waals surface area contributed by atoms with E-state index in [4.69, 9.17) is 22.3 Å². The third-order valence-electron chi connectivity index (χ3n) is 1.52. The van der Waals surface area contributed by atoms with Crippen molar-refractivity contribution in [3.05, 3.63) is 16.5 Å². The maximum atomic E-state index is 10.9. The molecule has 0 saturated carbocycles. The molecule has 2 aromatic heterocycles. The molecule has 2 rings (SSSR count). The van der Waals surface area contributed by atoms with Crippen LogP contribution >= 0.6 is 33.6 Å². The summed E-state index contributed by atoms with van der Waals surface area (Å²) in [6.45, 7) is 0. The summed E-state index contributed by atoms with van der Waals surface area (Å²) in [4.78, 5) is 4.32. The topological polar surface area (TPSA) is 75.7 Å². The minimum absolute atomic E-state index is 0.217. The van der Waals surface area contributed by atoms with Crippen molar-refractivity contribution in [1.82, 2.24) is 15.2 Å². The second-order valence-electron chi connectivity index (χ2n) is 2.50. The lowest BCUT2D eigenvalue weighted by atomic mass is 10.4. The summed E-state index contributed by atoms with van der Waals surface area (Å²) in [5, 5.41) is 7.78. The van der Waals surface area contributed by atoms with Gasteiger partial charge < -0.3 is 0 Å². The van der Waals surface area contributed by atoms with Gasteiger partial charge in [-0.15, -0.1) is 11.3 Å². The molecule has 2 aromatic rings. The fourth-order valence-electron chi connectivity index (χ4n) is 0.911. The number of aromatic amines is 1. The van der Waals surface area contributed by atoms with Crippen molar-refractivity contribution in [1.29, 1.82) is 0 Å². The van der Waals surface area contributed by atoms with Gasteiger partial charge in [0.25, 0.3) is 14.2 Å². The van der Waals surface area contributed by atoms with Crippen molar-refractivity contribution in [3.63, 3.8) is 0 Å². The van der Waals surface area contributed by atoms with Crippen molar-refractivity contribution < 1.29 is 8.42 Å². The average Bonchev–Trinajstić information content (AvgIpc) is 2.69. The van der Waals surface area contributed by atoms with E-state index in [0.717, 1.165) is 0 Å². The van der Waals surface area contributed by atoms with Crippen LogP contribution in [-0.2, 0) is 9.05 Å². The number of hydrogen-bond donors (Lipinski definition) is 1. The minimum atomic E-state index is -3.88. The Balaban J connectivity index is 2.50. The number of thiophene rings is 1. The van der Waals surface area contributed by atoms with Crippen molar-refractivity contribution in [2.45, 2.75) is 5.16 Å². The molecule has 0 saturated heterocycles. The van der Waals surface area contributed by atoms with Crippen LogP contribution in [0, 0.1) is 0 Å². The zero-order valence-electron chi connectivity index (χ0n) is 6.94. The van der Waals surface area contributed by atoms with Crippen LogP contribution in [0.25, 0.3) is 10.7 Å². The number of H-pyrrole nitrogens is 1. The van der Waals surface area contributed by atoms with E-state index in [9.17, 15) is 8.42 Å². The smallest absolute Gasteiger partial charge is 0.248 e. The van der Waals surface area contributed by atoms with Crippen LogP contribution in [0.5, 0.6) is 0 Å². The fourth-order valence-corrected chi connectivity index (χ4v) is 2.54. The van der Waals surface area contributed by atoms with Crippen LogP contribution in [0.15, 0.2) is 16.6 Å². The van der Waals surface area contributed by atoms with Gasteiger partial charge in [-0.3, -0.25) is 0 Å². The molecule has 0 aliphatic carbocycles. The highest BCUT2D eigenvalue weighted by molar-refractivity contribution is 8.13. The molecular weight excluding hydrogens is 281 g/mol. The highest BCUT2D eigenvalue weighted by Crippen LogP contribution is 2.31. The average molecular weight is 284 g/mol. The monoisotopic (exact) mass is 283 g/mol. The molecule has 1 N–H and O–H groups in total. The van der Waals surface area contributed by atoms with Gasteiger partial charge in [0.1, 0.15) is 0 Å². The number of nitrogens with zero attached hydrogens (tertiary/aromatic N) is 2. The first-order valence-electron chi connectivity index (χ1n) is 3.59. The summed E-state index contributed by atoms with van der Waals surface area (Å²) in [5.74, 6) is 0.217. The van der Waals surface area contributed by atoms with Gasteiger partial charge >= 0.3 is 0 Å². The van der Waals surface area contributed by atoms with Gasteiger partial charge in [-0.1, -0.05) is 11.6 Å². The highest BCUT2D eigenvalue weighted by Gasteiger charge is 2.18. The molecule has 0 radical (unpaired) electrons. The summed E-state index contributed by atoms with van der Waals surface area (Å²) in [7, 11) is 1.20. The number of aromatic nitrogens is 3. The van der Waals surface area contributed by atoms with E-state index in [-0.39, 0.29) is 11.0 Å². The lowest BCUT2D eigenvalue weighted by Crippen LogP contribution is -1.92. The summed E-state index contributed by atoms with van der Waals surface area (Å²) < 4.78 is 21.8. The lowest BCUT2D eigenvalue weighted by molar-refractivity contribution is 0.602. The Kier molecular flexibility index (Phi) is 2.72. The first kappa shape index (κ1) is 10.9. The van der Waals surface area contributed by atoms with E-state index < -0.39 is 9.05 Å². The Bertz CT molecular complexity index is 589. The Hall–Kier alpha value is -0.630. The Morgan fingerprint density at radius 3 is 2.67 bits per heavy atom. The third-order valence-corrected chi connectivity index (χ3v) is 3.94. The molecule has 9 heteroatoms. The van der Waals surface area contributed by atoms with Crippen LogP contribution in [0.4, 0.5) is 0 Å². The number of rotatable bonds is 2. The molecule has 0 amide bonds. The Morgan fingerprint density at radius 2 is 2.20 bits per heavy atom. The van der Waals surface area contributed by atoms with Crippen LogP contribution in [-0.4, -0.2) is 23.6 Å². The highest BCUT2D eigenvalue weighted by atomic mass is 35.7. The Morgan fingerprint density at radius 1 is 1.47 bits per heavy atom. The molecule has 5 nitrogen and oxygen atoms in total. The SMILES string of the molecule is O=S(=O)(Cl)c1nc(-c2sccc2Cl)n[nH]1. The normalized spacial score (nSPS) is 11.9. The number of halogens is 2. The first-order chi connectivity index (χ1) is 6.98. The van der Waals surface area contributed by atoms with Gasteiger partial charge in [0.05, 0.1) is 9.90 Å². The van der Waals surface area contributed by atoms with E-state index in [1.807, 2.05) is 0 Å². The van der Waals surface area contributed by atoms with Gasteiger partial charge in [-0.25, -0.2) is 13.5 Å². The largest absolute Gasteiger partial charge is 0.296 e. The number of nitrogens with one attached hydrogen (secondary N) is 1. The maximum absolute atomic E-state index is 10.9. The van der Waals surface area contributed by atoms with Crippen molar-refractivity contribution in [2.75, 3.05) is 0 Å². The molecule has 80 valence electrons. The van der Waals surface area contributed by atoms with Crippen molar-refractivity contribution in [2.24, 2.45) is 0 Å². The van der Waals surface area contributed by atoms with E-state index in [1.165, 1.54) is 11.3 Å². The van der Waals surface area contributed by atoms with Crippen LogP contribution in [0.1, 0.15) is 0 Å². The van der Waals surface area contributed by atoms with Gasteiger partial charge in [-0.05, 0) is 11.4 Å². The van der Waals surface area contributed by atoms with Gasteiger partial charge in [0.15, 0.2) is 5.82 Å². The van der Waals surface area contributed by atoms with Gasteiger partial charge in [-0.2, -0.15) is 10.1 Å². The third kappa shape index (κ3) is 2.15. The summed E-state index contributed by atoms with van der Waals surface area (Å²) in [6, 6.07) is 1.67. The molecular formula is C6H3Cl2N3O2S2. The molecule has 2 heterocycles. The van der Waals surface area contributed by atoms with Crippen molar-refractivity contribution in [3.8, 4) is 10.7 Å². The van der Waals surface area contributed by atoms with E-state index in [1.54, 1.807) is 11.4 Å². The Labute approximate surface area is 98.5 Å². The predicted molar refractivity (Wildman–Crippen MR) is 57.7 cm³/mol.